The van der Waals surface area contributed by atoms with Crippen molar-refractivity contribution in [1.29, 1.82) is 0 Å². The third kappa shape index (κ3) is 9.86. The highest BCUT2D eigenvalue weighted by Gasteiger charge is 2.24. The number of carbonyl (C=O) groups excluding carboxylic acids is 3. The molecule has 0 spiro atoms. The highest BCUT2D eigenvalue weighted by Crippen LogP contribution is 2.27. The van der Waals surface area contributed by atoms with Crippen LogP contribution in [0.25, 0.3) is 0 Å². The third-order valence-corrected chi connectivity index (χ3v) is 6.05. The molecular weight excluding hydrogens is 402 g/mol. The number of aliphatic carboxylic acids is 1. The Balaban J connectivity index is 1.98. The molecule has 0 bridgehead atoms. The first kappa shape index (κ1) is 25.4. The molecule has 0 aromatic carbocycles. The zero-order valence-electron chi connectivity index (χ0n) is 18.6. The van der Waals surface area contributed by atoms with E-state index in [1.807, 2.05) is 14.7 Å². The number of rotatable bonds is 10. The minimum absolute atomic E-state index is 0.0936. The number of nitrogens with zero attached hydrogens (tertiary/aromatic N) is 4. The van der Waals surface area contributed by atoms with Crippen LogP contribution in [0.15, 0.2) is 0 Å². The van der Waals surface area contributed by atoms with Gasteiger partial charge in [0.1, 0.15) is 12.6 Å². The lowest BCUT2D eigenvalue weighted by Gasteiger charge is -2.32. The van der Waals surface area contributed by atoms with Crippen molar-refractivity contribution < 1.29 is 24.3 Å². The first-order chi connectivity index (χ1) is 14.9. The summed E-state index contributed by atoms with van der Waals surface area (Å²) in [6, 6.07) is 0. The van der Waals surface area contributed by atoms with Crippen LogP contribution in [0.1, 0.15) is 32.6 Å². The van der Waals surface area contributed by atoms with Gasteiger partial charge in [0.05, 0.1) is 46.2 Å². The Hall–Kier alpha value is -1.88. The molecule has 2 aliphatic rings. The zero-order chi connectivity index (χ0) is 22.6. The maximum atomic E-state index is 12.6. The Bertz CT molecular complexity index is 597. The number of aldehydes is 2. The van der Waals surface area contributed by atoms with Crippen LogP contribution < -0.4 is 5.32 Å². The maximum absolute atomic E-state index is 12.6. The number of hydrogen-bond donors (Lipinski definition) is 2. The Kier molecular flexibility index (Phi) is 11.1. The van der Waals surface area contributed by atoms with Crippen molar-refractivity contribution >= 4 is 24.4 Å². The standard InChI is InChI=1S/C21H37N5O5/c1-18-2-4-19(5-3-18)12-22-20(29)13-25-15-23(8-10-27)6-7-24(9-11-28)16-26(17-25)14-21(30)31/h10-11,18-19H,2-9,12-17H2,1H3,(H,22,29)(H,30,31). The fraction of sp³-hybridized carbons (Fsp3) is 0.810. The predicted octanol–water partition coefficient (Wildman–Crippen LogP) is -0.495. The highest BCUT2D eigenvalue weighted by molar-refractivity contribution is 5.78. The number of nitrogens with one attached hydrogen (secondary N) is 1. The molecule has 1 aliphatic heterocycles. The summed E-state index contributed by atoms with van der Waals surface area (Å²) < 4.78 is 0. The van der Waals surface area contributed by atoms with Crippen LogP contribution in [0, 0.1) is 11.8 Å². The summed E-state index contributed by atoms with van der Waals surface area (Å²) >= 11 is 0. The van der Waals surface area contributed by atoms with Gasteiger partial charge in [-0.15, -0.1) is 0 Å². The molecule has 2 fully saturated rings. The Morgan fingerprint density at radius 2 is 1.39 bits per heavy atom. The molecule has 1 saturated carbocycles. The van der Waals surface area contributed by atoms with E-state index >= 15 is 0 Å². The summed E-state index contributed by atoms with van der Waals surface area (Å²) in [5.41, 5.74) is 0. The van der Waals surface area contributed by atoms with E-state index in [0.29, 0.717) is 38.9 Å². The summed E-state index contributed by atoms with van der Waals surface area (Å²) in [4.78, 5) is 53.4. The second-order valence-corrected chi connectivity index (χ2v) is 8.89. The van der Waals surface area contributed by atoms with Gasteiger partial charge in [-0.25, -0.2) is 0 Å². The van der Waals surface area contributed by atoms with Crippen molar-refractivity contribution in [2.45, 2.75) is 32.6 Å². The smallest absolute Gasteiger partial charge is 0.317 e. The first-order valence-corrected chi connectivity index (χ1v) is 11.1. The molecule has 2 rings (SSSR count). The number of hydrogen-bond acceptors (Lipinski definition) is 8. The van der Waals surface area contributed by atoms with Gasteiger partial charge in [-0.1, -0.05) is 19.8 Å². The van der Waals surface area contributed by atoms with Crippen LogP contribution >= 0.6 is 0 Å². The molecule has 0 aromatic rings. The molecule has 2 N–H and O–H groups in total. The van der Waals surface area contributed by atoms with E-state index in [2.05, 4.69) is 12.2 Å². The van der Waals surface area contributed by atoms with E-state index in [1.54, 1.807) is 4.90 Å². The van der Waals surface area contributed by atoms with Crippen molar-refractivity contribution in [1.82, 2.24) is 24.9 Å². The van der Waals surface area contributed by atoms with Gasteiger partial charge in [-0.05, 0) is 24.7 Å². The quantitative estimate of drug-likeness (QED) is 0.435. The van der Waals surface area contributed by atoms with Crippen LogP contribution in [0.2, 0.25) is 0 Å². The van der Waals surface area contributed by atoms with Crippen LogP contribution in [-0.4, -0.2) is 115 Å². The molecule has 31 heavy (non-hydrogen) atoms. The van der Waals surface area contributed by atoms with Gasteiger partial charge >= 0.3 is 5.97 Å². The monoisotopic (exact) mass is 439 g/mol. The van der Waals surface area contributed by atoms with Crippen LogP contribution in [0.5, 0.6) is 0 Å². The minimum atomic E-state index is -0.967. The summed E-state index contributed by atoms with van der Waals surface area (Å²) in [5, 5.41) is 12.3. The summed E-state index contributed by atoms with van der Waals surface area (Å²) in [6.07, 6.45) is 6.29. The van der Waals surface area contributed by atoms with Crippen molar-refractivity contribution in [3.8, 4) is 0 Å². The summed E-state index contributed by atoms with van der Waals surface area (Å²) in [7, 11) is 0. The molecule has 0 unspecified atom stereocenters. The molecule has 1 amide bonds. The number of carboxylic acid groups (broad SMARTS) is 1. The molecule has 0 atom stereocenters. The lowest BCUT2D eigenvalue weighted by Crippen LogP contribution is -2.50. The Labute approximate surface area is 184 Å². The van der Waals surface area contributed by atoms with Crippen molar-refractivity contribution in [3.63, 3.8) is 0 Å². The molecule has 1 aliphatic carbocycles. The molecule has 0 radical (unpaired) electrons. The molecule has 10 heteroatoms. The van der Waals surface area contributed by atoms with Crippen molar-refractivity contribution in [2.75, 3.05) is 65.8 Å². The minimum Gasteiger partial charge on any atom is -0.480 e. The molecule has 176 valence electrons. The Morgan fingerprint density at radius 1 is 0.871 bits per heavy atom. The number of amides is 1. The number of carbonyl (C=O) groups is 4. The normalized spacial score (nSPS) is 25.2. The van der Waals surface area contributed by atoms with E-state index < -0.39 is 5.97 Å². The fourth-order valence-electron chi connectivity index (χ4n) is 4.31. The number of carboxylic acids is 1. The zero-order valence-corrected chi connectivity index (χ0v) is 18.6. The van der Waals surface area contributed by atoms with Gasteiger partial charge in [0, 0.05) is 19.6 Å². The van der Waals surface area contributed by atoms with Crippen LogP contribution in [0.4, 0.5) is 0 Å². The summed E-state index contributed by atoms with van der Waals surface area (Å²) in [5.74, 6) is 0.220. The van der Waals surface area contributed by atoms with Gasteiger partial charge in [0.2, 0.25) is 5.91 Å². The van der Waals surface area contributed by atoms with E-state index in [1.165, 1.54) is 12.8 Å². The van der Waals surface area contributed by atoms with E-state index in [4.69, 9.17) is 0 Å². The Morgan fingerprint density at radius 3 is 1.90 bits per heavy atom. The fourth-order valence-corrected chi connectivity index (χ4v) is 4.31. The van der Waals surface area contributed by atoms with Gasteiger partial charge in [0.25, 0.3) is 0 Å². The van der Waals surface area contributed by atoms with Gasteiger partial charge < -0.3 is 20.0 Å². The van der Waals surface area contributed by atoms with Crippen LogP contribution in [0.3, 0.4) is 0 Å². The molecular formula is C21H37N5O5. The van der Waals surface area contributed by atoms with Crippen molar-refractivity contribution in [3.05, 3.63) is 0 Å². The molecule has 10 nitrogen and oxygen atoms in total. The molecule has 1 saturated heterocycles. The predicted molar refractivity (Wildman–Crippen MR) is 115 cm³/mol. The average Bonchev–Trinajstić information content (AvgIpc) is 2.77. The van der Waals surface area contributed by atoms with Crippen LogP contribution in [-0.2, 0) is 19.2 Å². The van der Waals surface area contributed by atoms with Crippen molar-refractivity contribution in [2.24, 2.45) is 11.8 Å². The van der Waals surface area contributed by atoms with E-state index in [-0.39, 0.29) is 38.8 Å². The highest BCUT2D eigenvalue weighted by atomic mass is 16.4. The lowest BCUT2D eigenvalue weighted by molar-refractivity contribution is -0.139. The van der Waals surface area contributed by atoms with Gasteiger partial charge in [0.15, 0.2) is 0 Å². The largest absolute Gasteiger partial charge is 0.480 e. The molecule has 0 aromatic heterocycles. The molecule has 1 heterocycles. The SMILES string of the molecule is CC1CCC(CNC(=O)CN2CN(CC=O)CCN(CC=O)CN(CC(=O)O)C2)CC1. The van der Waals surface area contributed by atoms with E-state index in [0.717, 1.165) is 31.3 Å². The topological polar surface area (TPSA) is 114 Å². The average molecular weight is 440 g/mol. The summed E-state index contributed by atoms with van der Waals surface area (Å²) in [6.45, 7) is 5.28. The van der Waals surface area contributed by atoms with Gasteiger partial charge in [-0.2, -0.15) is 0 Å². The lowest BCUT2D eigenvalue weighted by atomic mass is 9.83. The second kappa shape index (κ2) is 13.5. The second-order valence-electron chi connectivity index (χ2n) is 8.89. The third-order valence-electron chi connectivity index (χ3n) is 6.05. The maximum Gasteiger partial charge on any atom is 0.317 e. The first-order valence-electron chi connectivity index (χ1n) is 11.1. The van der Waals surface area contributed by atoms with Gasteiger partial charge in [-0.3, -0.25) is 29.2 Å². The van der Waals surface area contributed by atoms with E-state index in [9.17, 15) is 24.3 Å².